The maximum atomic E-state index is 3.54. The van der Waals surface area contributed by atoms with Crippen LogP contribution < -0.4 is 5.32 Å². The highest BCUT2D eigenvalue weighted by atomic mass is 32.1. The van der Waals surface area contributed by atoms with E-state index in [0.29, 0.717) is 6.04 Å². The summed E-state index contributed by atoms with van der Waals surface area (Å²) in [7, 11) is 0. The predicted octanol–water partition coefficient (Wildman–Crippen LogP) is 3.76. The molecular weight excluding hydrogens is 214 g/mol. The summed E-state index contributed by atoms with van der Waals surface area (Å²) in [6, 6.07) is 4.99. The van der Waals surface area contributed by atoms with Crippen molar-refractivity contribution >= 4 is 11.3 Å². The lowest BCUT2D eigenvalue weighted by molar-refractivity contribution is 0.530. The molecule has 1 rings (SSSR count). The molecule has 0 aliphatic carbocycles. The summed E-state index contributed by atoms with van der Waals surface area (Å²) >= 11 is 1.93. The van der Waals surface area contributed by atoms with Gasteiger partial charge in [-0.3, -0.25) is 0 Å². The summed E-state index contributed by atoms with van der Waals surface area (Å²) in [5, 5.41) is 3.54. The Morgan fingerprint density at radius 1 is 1.38 bits per heavy atom. The lowest BCUT2D eigenvalue weighted by Crippen LogP contribution is -2.19. The van der Waals surface area contributed by atoms with Gasteiger partial charge >= 0.3 is 0 Å². The summed E-state index contributed by atoms with van der Waals surface area (Å²) in [6.07, 6.45) is 3.23. The van der Waals surface area contributed by atoms with Crippen LogP contribution >= 0.6 is 11.3 Å². The maximum absolute atomic E-state index is 3.54. The lowest BCUT2D eigenvalue weighted by Gasteiger charge is -2.14. The second kappa shape index (κ2) is 7.49. The minimum Gasteiger partial charge on any atom is -0.309 e. The van der Waals surface area contributed by atoms with Crippen molar-refractivity contribution in [1.29, 1.82) is 0 Å². The van der Waals surface area contributed by atoms with E-state index in [-0.39, 0.29) is 0 Å². The van der Waals surface area contributed by atoms with Crippen LogP contribution in [0.15, 0.2) is 12.1 Å². The van der Waals surface area contributed by atoms with Crippen LogP contribution in [0.1, 0.15) is 49.4 Å². The molecule has 0 aromatic carbocycles. The van der Waals surface area contributed by atoms with Crippen LogP contribution in [0, 0.1) is 11.8 Å². The van der Waals surface area contributed by atoms with Crippen LogP contribution in [0.25, 0.3) is 0 Å². The van der Waals surface area contributed by atoms with Crippen molar-refractivity contribution in [3.05, 3.63) is 21.9 Å². The Bertz CT molecular complexity index is 356. The van der Waals surface area contributed by atoms with E-state index in [1.54, 1.807) is 0 Å². The molecule has 0 amide bonds. The second-order valence-electron chi connectivity index (χ2n) is 3.73. The van der Waals surface area contributed by atoms with Crippen molar-refractivity contribution in [3.8, 4) is 11.8 Å². The Hall–Kier alpha value is -0.780. The Labute approximate surface area is 103 Å². The zero-order valence-corrected chi connectivity index (χ0v) is 11.3. The van der Waals surface area contributed by atoms with Crippen molar-refractivity contribution in [2.45, 2.75) is 46.1 Å². The highest BCUT2D eigenvalue weighted by Gasteiger charge is 2.11. The first-order chi connectivity index (χ1) is 7.81. The topological polar surface area (TPSA) is 12.0 Å². The summed E-state index contributed by atoms with van der Waals surface area (Å²) in [5.74, 6) is 6.10. The van der Waals surface area contributed by atoms with Gasteiger partial charge in [-0.05, 0) is 38.4 Å². The minimum atomic E-state index is 0.483. The SMILES string of the molecule is CC#CCCC(NCC)c1ccc(CC)s1. The molecule has 1 heterocycles. The Morgan fingerprint density at radius 3 is 2.75 bits per heavy atom. The van der Waals surface area contributed by atoms with E-state index >= 15 is 0 Å². The molecule has 88 valence electrons. The lowest BCUT2D eigenvalue weighted by atomic mass is 10.1. The van der Waals surface area contributed by atoms with E-state index in [4.69, 9.17) is 0 Å². The van der Waals surface area contributed by atoms with E-state index in [9.17, 15) is 0 Å². The van der Waals surface area contributed by atoms with Gasteiger partial charge in [0.1, 0.15) is 0 Å². The van der Waals surface area contributed by atoms with Crippen molar-refractivity contribution in [2.75, 3.05) is 6.54 Å². The van der Waals surface area contributed by atoms with Gasteiger partial charge in [-0.25, -0.2) is 0 Å². The van der Waals surface area contributed by atoms with E-state index in [1.165, 1.54) is 9.75 Å². The van der Waals surface area contributed by atoms with Crippen molar-refractivity contribution in [3.63, 3.8) is 0 Å². The zero-order chi connectivity index (χ0) is 11.8. The van der Waals surface area contributed by atoms with Crippen LogP contribution in [0.4, 0.5) is 0 Å². The number of nitrogens with one attached hydrogen (secondary N) is 1. The Kier molecular flexibility index (Phi) is 6.22. The van der Waals surface area contributed by atoms with Gasteiger partial charge in [0.15, 0.2) is 0 Å². The average Bonchev–Trinajstić information content (AvgIpc) is 2.76. The van der Waals surface area contributed by atoms with Gasteiger partial charge in [0.2, 0.25) is 0 Å². The minimum absolute atomic E-state index is 0.483. The summed E-state index contributed by atoms with van der Waals surface area (Å²) in [4.78, 5) is 2.93. The molecule has 0 spiro atoms. The van der Waals surface area contributed by atoms with E-state index < -0.39 is 0 Å². The van der Waals surface area contributed by atoms with Crippen LogP contribution in [-0.2, 0) is 6.42 Å². The third kappa shape index (κ3) is 4.00. The fraction of sp³-hybridized carbons (Fsp3) is 0.571. The summed E-state index contributed by atoms with van der Waals surface area (Å²) < 4.78 is 0. The first kappa shape index (κ1) is 13.3. The first-order valence-electron chi connectivity index (χ1n) is 6.03. The van der Waals surface area contributed by atoms with Crippen LogP contribution in [0.5, 0.6) is 0 Å². The van der Waals surface area contributed by atoms with Gasteiger partial charge in [0.05, 0.1) is 0 Å². The first-order valence-corrected chi connectivity index (χ1v) is 6.85. The maximum Gasteiger partial charge on any atom is 0.0423 e. The zero-order valence-electron chi connectivity index (χ0n) is 10.5. The second-order valence-corrected chi connectivity index (χ2v) is 4.93. The quantitative estimate of drug-likeness (QED) is 0.740. The summed E-state index contributed by atoms with van der Waals surface area (Å²) in [5.41, 5.74) is 0. The van der Waals surface area contributed by atoms with Gasteiger partial charge in [-0.1, -0.05) is 13.8 Å². The monoisotopic (exact) mass is 235 g/mol. The Morgan fingerprint density at radius 2 is 2.19 bits per heavy atom. The van der Waals surface area contributed by atoms with Gasteiger partial charge in [-0.15, -0.1) is 23.2 Å². The third-order valence-corrected chi connectivity index (χ3v) is 3.90. The molecule has 0 aliphatic heterocycles. The van der Waals surface area contributed by atoms with Crippen LogP contribution in [-0.4, -0.2) is 6.54 Å². The molecule has 1 nitrogen and oxygen atoms in total. The largest absolute Gasteiger partial charge is 0.309 e. The molecule has 0 saturated carbocycles. The smallest absolute Gasteiger partial charge is 0.0423 e. The molecule has 16 heavy (non-hydrogen) atoms. The number of hydrogen-bond acceptors (Lipinski definition) is 2. The molecule has 1 unspecified atom stereocenters. The molecule has 0 aliphatic rings. The van der Waals surface area contributed by atoms with Gasteiger partial charge in [0, 0.05) is 22.2 Å². The number of aryl methyl sites for hydroxylation is 1. The average molecular weight is 235 g/mol. The molecule has 0 saturated heterocycles. The number of rotatable bonds is 6. The molecule has 1 atom stereocenters. The van der Waals surface area contributed by atoms with Crippen molar-refractivity contribution in [1.82, 2.24) is 5.32 Å². The van der Waals surface area contributed by atoms with Crippen LogP contribution in [0.3, 0.4) is 0 Å². The molecule has 1 aromatic rings. The molecule has 0 radical (unpaired) electrons. The number of hydrogen-bond donors (Lipinski definition) is 1. The third-order valence-electron chi connectivity index (χ3n) is 2.56. The molecule has 0 bridgehead atoms. The normalized spacial score (nSPS) is 11.9. The van der Waals surface area contributed by atoms with Gasteiger partial charge < -0.3 is 5.32 Å². The van der Waals surface area contributed by atoms with E-state index in [0.717, 1.165) is 25.8 Å². The van der Waals surface area contributed by atoms with Crippen molar-refractivity contribution < 1.29 is 0 Å². The molecule has 2 heteroatoms. The van der Waals surface area contributed by atoms with Gasteiger partial charge in [0.25, 0.3) is 0 Å². The predicted molar refractivity (Wildman–Crippen MR) is 72.8 cm³/mol. The van der Waals surface area contributed by atoms with E-state index in [2.05, 4.69) is 43.1 Å². The van der Waals surface area contributed by atoms with Crippen molar-refractivity contribution in [2.24, 2.45) is 0 Å². The molecule has 1 N–H and O–H groups in total. The Balaban J connectivity index is 2.63. The molecular formula is C14H21NS. The summed E-state index contributed by atoms with van der Waals surface area (Å²) in [6.45, 7) is 7.29. The molecule has 0 fully saturated rings. The fourth-order valence-electron chi connectivity index (χ4n) is 1.70. The van der Waals surface area contributed by atoms with Crippen LogP contribution in [0.2, 0.25) is 0 Å². The fourth-order valence-corrected chi connectivity index (χ4v) is 2.77. The highest BCUT2D eigenvalue weighted by molar-refractivity contribution is 7.12. The number of thiophene rings is 1. The van der Waals surface area contributed by atoms with E-state index in [1.807, 2.05) is 18.3 Å². The highest BCUT2D eigenvalue weighted by Crippen LogP contribution is 2.26. The van der Waals surface area contributed by atoms with Gasteiger partial charge in [-0.2, -0.15) is 0 Å². The molecule has 1 aromatic heterocycles. The standard InChI is InChI=1S/C14H21NS/c1-4-7-8-9-13(15-6-3)14-11-10-12(5-2)16-14/h10-11,13,15H,5-6,8-9H2,1-3H3.